The first-order chi connectivity index (χ1) is 11.6. The summed E-state index contributed by atoms with van der Waals surface area (Å²) in [6.45, 7) is 3.45. The first-order valence-electron chi connectivity index (χ1n) is 7.58. The molecule has 2 aromatic rings. The molecule has 0 radical (unpaired) electrons. The van der Waals surface area contributed by atoms with Crippen LogP contribution < -0.4 is 10.6 Å². The van der Waals surface area contributed by atoms with Gasteiger partial charge in [-0.1, -0.05) is 24.3 Å². The Morgan fingerprint density at radius 2 is 1.88 bits per heavy atom. The number of non-ortho nitro benzene ring substituents is 1. The molecule has 0 saturated heterocycles. The van der Waals surface area contributed by atoms with Gasteiger partial charge >= 0.3 is 0 Å². The molecule has 0 fully saturated rings. The summed E-state index contributed by atoms with van der Waals surface area (Å²) in [5.41, 5.74) is 1.73. The van der Waals surface area contributed by atoms with E-state index in [0.717, 1.165) is 11.1 Å². The minimum absolute atomic E-state index is 0. The van der Waals surface area contributed by atoms with Crippen molar-refractivity contribution in [2.75, 3.05) is 6.54 Å². The van der Waals surface area contributed by atoms with Gasteiger partial charge in [-0.3, -0.25) is 10.1 Å². The van der Waals surface area contributed by atoms with Crippen LogP contribution in [0.15, 0.2) is 53.5 Å². The lowest BCUT2D eigenvalue weighted by Gasteiger charge is -2.11. The minimum Gasteiger partial charge on any atom is -0.357 e. The molecular weight excluding hydrogens is 438 g/mol. The maximum absolute atomic E-state index is 12.9. The number of nitro benzene ring substituents is 1. The van der Waals surface area contributed by atoms with Gasteiger partial charge in [0, 0.05) is 25.2 Å². The Balaban J connectivity index is 0.00000312. The number of guanidine groups is 1. The van der Waals surface area contributed by atoms with E-state index < -0.39 is 4.92 Å². The van der Waals surface area contributed by atoms with Gasteiger partial charge in [0.1, 0.15) is 5.82 Å². The summed E-state index contributed by atoms with van der Waals surface area (Å²) in [7, 11) is 0. The molecule has 8 heteroatoms. The molecule has 0 aliphatic rings. The molecular formula is C17H20FIN4O2. The summed E-state index contributed by atoms with van der Waals surface area (Å²) in [5, 5.41) is 17.0. The highest BCUT2D eigenvalue weighted by atomic mass is 127. The van der Waals surface area contributed by atoms with Crippen molar-refractivity contribution in [1.29, 1.82) is 0 Å². The van der Waals surface area contributed by atoms with Gasteiger partial charge in [-0.25, -0.2) is 9.38 Å². The molecule has 0 bridgehead atoms. The number of rotatable bonds is 6. The van der Waals surface area contributed by atoms with Gasteiger partial charge in [0.2, 0.25) is 0 Å². The third kappa shape index (κ3) is 7.04. The zero-order valence-corrected chi connectivity index (χ0v) is 16.1. The number of hydrogen-bond acceptors (Lipinski definition) is 3. The van der Waals surface area contributed by atoms with Gasteiger partial charge in [0.05, 0.1) is 11.5 Å². The van der Waals surface area contributed by atoms with Gasteiger partial charge in [-0.15, -0.1) is 24.0 Å². The third-order valence-corrected chi connectivity index (χ3v) is 3.26. The SMILES string of the molecule is CCNC(=NCc1cccc([N+](=O)[O-])c1)NCc1ccc(F)cc1.I. The lowest BCUT2D eigenvalue weighted by atomic mass is 10.2. The highest BCUT2D eigenvalue weighted by Crippen LogP contribution is 2.13. The van der Waals surface area contributed by atoms with E-state index in [1.807, 2.05) is 6.92 Å². The highest BCUT2D eigenvalue weighted by molar-refractivity contribution is 14.0. The van der Waals surface area contributed by atoms with Crippen LogP contribution in [0.4, 0.5) is 10.1 Å². The van der Waals surface area contributed by atoms with E-state index in [2.05, 4.69) is 15.6 Å². The van der Waals surface area contributed by atoms with Crippen molar-refractivity contribution < 1.29 is 9.31 Å². The van der Waals surface area contributed by atoms with Crippen molar-refractivity contribution in [2.45, 2.75) is 20.0 Å². The van der Waals surface area contributed by atoms with Gasteiger partial charge < -0.3 is 10.6 Å². The fourth-order valence-corrected chi connectivity index (χ4v) is 2.07. The summed E-state index contributed by atoms with van der Waals surface area (Å²) >= 11 is 0. The standard InChI is InChI=1S/C17H19FN4O2.HI/c1-2-19-17(20-11-13-6-8-15(18)9-7-13)21-12-14-4-3-5-16(10-14)22(23)24;/h3-10H,2,11-12H2,1H3,(H2,19,20,21);1H. The monoisotopic (exact) mass is 458 g/mol. The second kappa shape index (κ2) is 10.6. The number of nitro groups is 1. The van der Waals surface area contributed by atoms with Crippen molar-refractivity contribution in [3.63, 3.8) is 0 Å². The van der Waals surface area contributed by atoms with Crippen LogP contribution in [-0.4, -0.2) is 17.4 Å². The average Bonchev–Trinajstić information content (AvgIpc) is 2.59. The molecule has 0 unspecified atom stereocenters. The lowest BCUT2D eigenvalue weighted by Crippen LogP contribution is -2.36. The van der Waals surface area contributed by atoms with Crippen LogP contribution >= 0.6 is 24.0 Å². The Morgan fingerprint density at radius 3 is 2.52 bits per heavy atom. The van der Waals surface area contributed by atoms with Crippen LogP contribution in [0.2, 0.25) is 0 Å². The first kappa shape index (κ1) is 20.8. The van der Waals surface area contributed by atoms with Crippen molar-refractivity contribution in [3.05, 3.63) is 75.6 Å². The number of benzene rings is 2. The second-order valence-corrected chi connectivity index (χ2v) is 5.10. The Labute approximate surface area is 162 Å². The van der Waals surface area contributed by atoms with Crippen molar-refractivity contribution in [1.82, 2.24) is 10.6 Å². The summed E-state index contributed by atoms with van der Waals surface area (Å²) in [4.78, 5) is 14.8. The molecule has 2 aromatic carbocycles. The van der Waals surface area contributed by atoms with E-state index in [0.29, 0.717) is 25.6 Å². The predicted octanol–water partition coefficient (Wildman–Crippen LogP) is 3.61. The maximum atomic E-state index is 12.9. The average molecular weight is 458 g/mol. The fraction of sp³-hybridized carbons (Fsp3) is 0.235. The molecule has 134 valence electrons. The Kier molecular flexibility index (Phi) is 8.82. The molecule has 2 rings (SSSR count). The predicted molar refractivity (Wildman–Crippen MR) is 107 cm³/mol. The van der Waals surface area contributed by atoms with E-state index in [1.165, 1.54) is 24.3 Å². The molecule has 25 heavy (non-hydrogen) atoms. The van der Waals surface area contributed by atoms with E-state index >= 15 is 0 Å². The number of hydrogen-bond donors (Lipinski definition) is 2. The van der Waals surface area contributed by atoms with Crippen molar-refractivity contribution in [3.8, 4) is 0 Å². The fourth-order valence-electron chi connectivity index (χ4n) is 2.07. The molecule has 0 aliphatic heterocycles. The normalized spacial score (nSPS) is 10.7. The van der Waals surface area contributed by atoms with Crippen LogP contribution in [0.1, 0.15) is 18.1 Å². The quantitative estimate of drug-likeness (QED) is 0.228. The van der Waals surface area contributed by atoms with Crippen LogP contribution in [0.25, 0.3) is 0 Å². The van der Waals surface area contributed by atoms with Crippen molar-refractivity contribution in [2.24, 2.45) is 4.99 Å². The number of nitrogens with zero attached hydrogens (tertiary/aromatic N) is 2. The molecule has 0 heterocycles. The molecule has 0 saturated carbocycles. The van der Waals surface area contributed by atoms with E-state index in [4.69, 9.17) is 0 Å². The summed E-state index contributed by atoms with van der Waals surface area (Å²) in [5.74, 6) is 0.318. The van der Waals surface area contributed by atoms with E-state index in [1.54, 1.807) is 24.3 Å². The third-order valence-electron chi connectivity index (χ3n) is 3.26. The minimum atomic E-state index is -0.425. The highest BCUT2D eigenvalue weighted by Gasteiger charge is 2.05. The molecule has 0 amide bonds. The molecule has 0 atom stereocenters. The van der Waals surface area contributed by atoms with Gasteiger partial charge in [0.25, 0.3) is 5.69 Å². The molecule has 6 nitrogen and oxygen atoms in total. The Bertz CT molecular complexity index is 723. The first-order valence-corrected chi connectivity index (χ1v) is 7.58. The number of nitrogens with one attached hydrogen (secondary N) is 2. The van der Waals surface area contributed by atoms with Gasteiger partial charge in [-0.05, 0) is 30.2 Å². The smallest absolute Gasteiger partial charge is 0.269 e. The molecule has 0 aromatic heterocycles. The van der Waals surface area contributed by atoms with Gasteiger partial charge in [0.15, 0.2) is 5.96 Å². The summed E-state index contributed by atoms with van der Waals surface area (Å²) in [6, 6.07) is 12.6. The maximum Gasteiger partial charge on any atom is 0.269 e. The van der Waals surface area contributed by atoms with E-state index in [-0.39, 0.29) is 35.5 Å². The Hall–Kier alpha value is -2.23. The van der Waals surface area contributed by atoms with Crippen LogP contribution in [-0.2, 0) is 13.1 Å². The van der Waals surface area contributed by atoms with Crippen LogP contribution in [0.3, 0.4) is 0 Å². The zero-order valence-electron chi connectivity index (χ0n) is 13.7. The largest absolute Gasteiger partial charge is 0.357 e. The number of aliphatic imine (C=N–C) groups is 1. The molecule has 2 N–H and O–H groups in total. The number of halogens is 2. The van der Waals surface area contributed by atoms with E-state index in [9.17, 15) is 14.5 Å². The molecule has 0 aliphatic carbocycles. The zero-order chi connectivity index (χ0) is 17.4. The summed E-state index contributed by atoms with van der Waals surface area (Å²) in [6.07, 6.45) is 0. The Morgan fingerprint density at radius 1 is 1.16 bits per heavy atom. The van der Waals surface area contributed by atoms with Crippen LogP contribution in [0, 0.1) is 15.9 Å². The van der Waals surface area contributed by atoms with Crippen molar-refractivity contribution >= 4 is 35.6 Å². The summed E-state index contributed by atoms with van der Waals surface area (Å²) < 4.78 is 12.9. The topological polar surface area (TPSA) is 79.6 Å². The van der Waals surface area contributed by atoms with Crippen LogP contribution in [0.5, 0.6) is 0 Å². The lowest BCUT2D eigenvalue weighted by molar-refractivity contribution is -0.384. The van der Waals surface area contributed by atoms with Gasteiger partial charge in [-0.2, -0.15) is 0 Å². The molecule has 0 spiro atoms. The second-order valence-electron chi connectivity index (χ2n) is 5.10.